The Morgan fingerprint density at radius 1 is 0.727 bits per heavy atom. The van der Waals surface area contributed by atoms with E-state index in [0.717, 1.165) is 0 Å². The fraction of sp³-hybridized carbons (Fsp3) is 1.00. The van der Waals surface area contributed by atoms with Crippen LogP contribution in [0.1, 0.15) is 0 Å². The maximum absolute atomic E-state index is 4.70. The normalized spacial score (nSPS) is 34.7. The van der Waals surface area contributed by atoms with Crippen molar-refractivity contribution in [3.05, 3.63) is 0 Å². The first-order valence-electron chi connectivity index (χ1n) is 3.64. The van der Waals surface area contributed by atoms with Gasteiger partial charge in [-0.05, 0) is 0 Å². The van der Waals surface area contributed by atoms with Crippen molar-refractivity contribution in [1.29, 1.82) is 0 Å². The summed E-state index contributed by atoms with van der Waals surface area (Å²) in [6.45, 7) is 7.92. The van der Waals surface area contributed by atoms with Crippen molar-refractivity contribution in [2.24, 2.45) is 0 Å². The standard InChI is InChI=1S/C6H12N2.2ClH.Ni/c1-2-8-5-3-7(1)4-6-8;;;/h1-6H2;2*1H;/q;;;+3/p-2. The fourth-order valence-electron chi connectivity index (χ4n) is 1.52. The summed E-state index contributed by atoms with van der Waals surface area (Å²) in [7, 11) is 9.40. The van der Waals surface area contributed by atoms with Gasteiger partial charge in [0.25, 0.3) is 0 Å². The molecule has 3 aliphatic rings. The second-order valence-corrected chi connectivity index (χ2v) is 4.36. The summed E-state index contributed by atoms with van der Waals surface area (Å²) in [5, 5.41) is 0. The molecule has 0 amide bonds. The van der Waals surface area contributed by atoms with Crippen LogP contribution in [0.4, 0.5) is 0 Å². The average Bonchev–Trinajstić information content (AvgIpc) is 2.09. The van der Waals surface area contributed by atoms with Crippen LogP contribution in [0.15, 0.2) is 0 Å². The van der Waals surface area contributed by atoms with E-state index < -0.39 is 0 Å². The molecule has 2 bridgehead atoms. The van der Waals surface area contributed by atoms with Gasteiger partial charge < -0.3 is 0 Å². The summed E-state index contributed by atoms with van der Waals surface area (Å²) in [6, 6.07) is 0. The molecule has 69 valence electrons. The Morgan fingerprint density at radius 3 is 1.00 bits per heavy atom. The summed E-state index contributed by atoms with van der Waals surface area (Å²) < 4.78 is 0. The van der Waals surface area contributed by atoms with E-state index in [4.69, 9.17) is 20.4 Å². The molecule has 0 aliphatic carbocycles. The molecule has 0 unspecified atom stereocenters. The minimum absolute atomic E-state index is 0.569. The van der Waals surface area contributed by atoms with Crippen LogP contribution in [0.25, 0.3) is 0 Å². The molecule has 0 saturated carbocycles. The molecular weight excluding hydrogens is 230 g/mol. The number of piperazine rings is 3. The molecule has 11 heavy (non-hydrogen) atoms. The molecule has 3 rings (SSSR count). The Morgan fingerprint density at radius 2 is 0.909 bits per heavy atom. The van der Waals surface area contributed by atoms with Crippen molar-refractivity contribution < 1.29 is 12.7 Å². The molecule has 3 fully saturated rings. The van der Waals surface area contributed by atoms with Crippen molar-refractivity contribution in [3.63, 3.8) is 0 Å². The van der Waals surface area contributed by atoms with Gasteiger partial charge in [0.05, 0.1) is 0 Å². The van der Waals surface area contributed by atoms with E-state index in [0.29, 0.717) is 12.7 Å². The van der Waals surface area contributed by atoms with Gasteiger partial charge in [0.2, 0.25) is 0 Å². The molecule has 3 saturated heterocycles. The minimum atomic E-state index is 0.569. The van der Waals surface area contributed by atoms with Crippen LogP contribution in [0.5, 0.6) is 0 Å². The number of hydrogen-bond donors (Lipinski definition) is 0. The van der Waals surface area contributed by atoms with Gasteiger partial charge in [-0.15, -0.1) is 0 Å². The van der Waals surface area contributed by atoms with Crippen molar-refractivity contribution in [2.45, 2.75) is 0 Å². The van der Waals surface area contributed by atoms with Gasteiger partial charge in [-0.1, -0.05) is 0 Å². The number of hydrogen-bond acceptors (Lipinski definition) is 2. The molecule has 0 atom stereocenters. The van der Waals surface area contributed by atoms with Crippen LogP contribution in [0, 0.1) is 0 Å². The van der Waals surface area contributed by atoms with Gasteiger partial charge >= 0.3 is 33.0 Å². The number of fused-ring (bicyclic) bond motifs is 3. The van der Waals surface area contributed by atoms with Gasteiger partial charge in [0.1, 0.15) is 0 Å². The first-order valence-corrected chi connectivity index (χ1v) is 6.35. The monoisotopic (exact) mass is 240 g/mol. The van der Waals surface area contributed by atoms with Gasteiger partial charge in [-0.3, -0.25) is 9.80 Å². The summed E-state index contributed by atoms with van der Waals surface area (Å²) in [5.74, 6) is 0. The maximum atomic E-state index is 4.70. The van der Waals surface area contributed by atoms with Crippen molar-refractivity contribution in [2.75, 3.05) is 39.3 Å². The molecule has 5 heteroatoms. The Kier molecular flexibility index (Phi) is 5.14. The topological polar surface area (TPSA) is 6.48 Å². The Hall–Kier alpha value is 0.994. The van der Waals surface area contributed by atoms with Crippen LogP contribution in [0.2, 0.25) is 0 Å². The second-order valence-electron chi connectivity index (χ2n) is 2.73. The predicted molar refractivity (Wildman–Crippen MR) is 44.6 cm³/mol. The van der Waals surface area contributed by atoms with Gasteiger partial charge in [-0.2, -0.15) is 0 Å². The molecule has 0 aromatic carbocycles. The quantitative estimate of drug-likeness (QED) is 0.584. The molecule has 0 spiro atoms. The molecule has 0 aromatic rings. The first kappa shape index (κ1) is 10.1. The Labute approximate surface area is 82.2 Å². The first-order chi connectivity index (χ1) is 5.36. The summed E-state index contributed by atoms with van der Waals surface area (Å²) in [6.07, 6.45) is 0. The van der Waals surface area contributed by atoms with E-state index in [1.54, 1.807) is 0 Å². The molecule has 3 aliphatic heterocycles. The Balaban J connectivity index is 0.000000179. The summed E-state index contributed by atoms with van der Waals surface area (Å²) >= 11 is 0.569. The van der Waals surface area contributed by atoms with Crippen molar-refractivity contribution >= 4 is 20.4 Å². The van der Waals surface area contributed by atoms with Gasteiger partial charge in [-0.25, -0.2) is 0 Å². The van der Waals surface area contributed by atoms with E-state index in [2.05, 4.69) is 9.80 Å². The van der Waals surface area contributed by atoms with E-state index in [9.17, 15) is 0 Å². The average molecular weight is 242 g/mol. The van der Waals surface area contributed by atoms with Gasteiger partial charge in [0.15, 0.2) is 0 Å². The van der Waals surface area contributed by atoms with Gasteiger partial charge in [0, 0.05) is 39.3 Å². The van der Waals surface area contributed by atoms with Crippen LogP contribution in [-0.4, -0.2) is 49.1 Å². The zero-order valence-corrected chi connectivity index (χ0v) is 8.71. The molecular formula is C6H12Cl2N2Ni+. The zero-order chi connectivity index (χ0) is 8.10. The van der Waals surface area contributed by atoms with Crippen LogP contribution >= 0.6 is 20.4 Å². The molecule has 2 nitrogen and oxygen atoms in total. The van der Waals surface area contributed by atoms with Crippen LogP contribution in [-0.2, 0) is 12.7 Å². The molecule has 0 N–H and O–H groups in total. The third-order valence-electron chi connectivity index (χ3n) is 2.20. The van der Waals surface area contributed by atoms with E-state index in [1.165, 1.54) is 39.3 Å². The molecule has 0 aromatic heterocycles. The van der Waals surface area contributed by atoms with E-state index in [1.807, 2.05) is 0 Å². The predicted octanol–water partition coefficient (Wildman–Crippen LogP) is 0.994. The number of halogens is 2. The zero-order valence-electron chi connectivity index (χ0n) is 6.21. The fourth-order valence-corrected chi connectivity index (χ4v) is 1.52. The molecule has 0 radical (unpaired) electrons. The van der Waals surface area contributed by atoms with Crippen molar-refractivity contribution in [3.8, 4) is 0 Å². The van der Waals surface area contributed by atoms with E-state index in [-0.39, 0.29) is 0 Å². The van der Waals surface area contributed by atoms with Crippen LogP contribution < -0.4 is 0 Å². The summed E-state index contributed by atoms with van der Waals surface area (Å²) in [4.78, 5) is 5.08. The number of rotatable bonds is 0. The number of nitrogens with zero attached hydrogens (tertiary/aromatic N) is 2. The van der Waals surface area contributed by atoms with E-state index >= 15 is 0 Å². The van der Waals surface area contributed by atoms with Crippen LogP contribution in [0.3, 0.4) is 0 Å². The third-order valence-corrected chi connectivity index (χ3v) is 2.20. The second kappa shape index (κ2) is 5.61. The third kappa shape index (κ3) is 3.48. The molecule has 3 heterocycles. The SMILES string of the molecule is C1CN2CCN1CC2.[Cl][Ni+][Cl]. The van der Waals surface area contributed by atoms with Crippen molar-refractivity contribution in [1.82, 2.24) is 9.80 Å². The summed E-state index contributed by atoms with van der Waals surface area (Å²) in [5.41, 5.74) is 0. The Bertz CT molecular complexity index is 83.7.